The molecule has 4 rings (SSSR count). The van der Waals surface area contributed by atoms with Gasteiger partial charge in [0.15, 0.2) is 0 Å². The molecule has 5 heteroatoms. The van der Waals surface area contributed by atoms with Gasteiger partial charge in [-0.25, -0.2) is 0 Å². The van der Waals surface area contributed by atoms with Crippen molar-refractivity contribution in [2.75, 3.05) is 19.6 Å². The smallest absolute Gasteiger partial charge is 0.254 e. The summed E-state index contributed by atoms with van der Waals surface area (Å²) >= 11 is 1.70. The summed E-state index contributed by atoms with van der Waals surface area (Å²) in [5.41, 5.74) is 3.33. The Bertz CT molecular complexity index is 749. The number of thiophene rings is 1. The SMILES string of the molecule is C[C@@H]1CN(Cc2ccc(C(=O)N3CCC[C@@H]3c3ccsc3)cc2)C[C@H](C)O1. The molecule has 0 radical (unpaired) electrons. The summed E-state index contributed by atoms with van der Waals surface area (Å²) in [4.78, 5) is 17.5. The first-order valence-electron chi connectivity index (χ1n) is 9.90. The van der Waals surface area contributed by atoms with Crippen LogP contribution < -0.4 is 0 Å². The first kappa shape index (κ1) is 18.7. The number of morpholine rings is 1. The van der Waals surface area contributed by atoms with E-state index in [1.165, 1.54) is 11.1 Å². The molecule has 0 N–H and O–H groups in total. The number of benzene rings is 1. The second-order valence-corrected chi connectivity index (χ2v) is 8.64. The molecular formula is C22H28N2O2S. The molecule has 4 nitrogen and oxygen atoms in total. The predicted octanol–water partition coefficient (Wildman–Crippen LogP) is 4.33. The normalized spacial score (nSPS) is 26.4. The van der Waals surface area contributed by atoms with Crippen LogP contribution in [0, 0.1) is 0 Å². The van der Waals surface area contributed by atoms with Gasteiger partial charge in [0.1, 0.15) is 0 Å². The molecule has 2 aliphatic rings. The van der Waals surface area contributed by atoms with E-state index in [0.717, 1.165) is 44.6 Å². The van der Waals surface area contributed by atoms with E-state index in [1.807, 2.05) is 17.0 Å². The predicted molar refractivity (Wildman–Crippen MR) is 109 cm³/mol. The van der Waals surface area contributed by atoms with Crippen LogP contribution in [-0.4, -0.2) is 47.5 Å². The van der Waals surface area contributed by atoms with Gasteiger partial charge in [-0.05, 0) is 66.8 Å². The highest BCUT2D eigenvalue weighted by Crippen LogP contribution is 2.34. The van der Waals surface area contributed by atoms with Crippen LogP contribution in [0.1, 0.15) is 54.2 Å². The molecule has 2 saturated heterocycles. The van der Waals surface area contributed by atoms with E-state index in [9.17, 15) is 4.79 Å². The van der Waals surface area contributed by atoms with Gasteiger partial charge in [0.25, 0.3) is 5.91 Å². The highest BCUT2D eigenvalue weighted by molar-refractivity contribution is 7.08. The second-order valence-electron chi connectivity index (χ2n) is 7.86. The lowest BCUT2D eigenvalue weighted by atomic mass is 10.1. The molecule has 1 aromatic carbocycles. The molecule has 3 atom stereocenters. The molecule has 144 valence electrons. The van der Waals surface area contributed by atoms with Gasteiger partial charge in [0, 0.05) is 31.7 Å². The minimum atomic E-state index is 0.156. The van der Waals surface area contributed by atoms with Crippen LogP contribution in [0.2, 0.25) is 0 Å². The summed E-state index contributed by atoms with van der Waals surface area (Å²) in [6.45, 7) is 7.94. The van der Waals surface area contributed by atoms with Gasteiger partial charge in [-0.1, -0.05) is 12.1 Å². The Morgan fingerprint density at radius 1 is 1.15 bits per heavy atom. The average Bonchev–Trinajstić information content (AvgIpc) is 3.32. The number of ether oxygens (including phenoxy) is 1. The third kappa shape index (κ3) is 4.26. The van der Waals surface area contributed by atoms with E-state index in [1.54, 1.807) is 11.3 Å². The van der Waals surface area contributed by atoms with Crippen molar-refractivity contribution >= 4 is 17.2 Å². The van der Waals surface area contributed by atoms with Crippen molar-refractivity contribution < 1.29 is 9.53 Å². The van der Waals surface area contributed by atoms with Crippen molar-refractivity contribution in [1.29, 1.82) is 0 Å². The highest BCUT2D eigenvalue weighted by Gasteiger charge is 2.30. The van der Waals surface area contributed by atoms with Crippen molar-refractivity contribution in [2.45, 2.75) is 51.5 Å². The summed E-state index contributed by atoms with van der Waals surface area (Å²) in [5, 5.41) is 4.27. The van der Waals surface area contributed by atoms with E-state index in [4.69, 9.17) is 4.74 Å². The van der Waals surface area contributed by atoms with Gasteiger partial charge in [-0.2, -0.15) is 11.3 Å². The Morgan fingerprint density at radius 3 is 2.56 bits per heavy atom. The van der Waals surface area contributed by atoms with E-state index >= 15 is 0 Å². The fourth-order valence-corrected chi connectivity index (χ4v) is 5.12. The average molecular weight is 385 g/mol. The molecule has 0 bridgehead atoms. The minimum absolute atomic E-state index is 0.156. The molecule has 27 heavy (non-hydrogen) atoms. The largest absolute Gasteiger partial charge is 0.373 e. The minimum Gasteiger partial charge on any atom is -0.373 e. The van der Waals surface area contributed by atoms with Crippen molar-refractivity contribution in [3.05, 3.63) is 57.8 Å². The first-order chi connectivity index (χ1) is 13.1. The maximum Gasteiger partial charge on any atom is 0.254 e. The molecule has 0 spiro atoms. The zero-order valence-corrected chi connectivity index (χ0v) is 17.0. The van der Waals surface area contributed by atoms with Crippen LogP contribution in [0.3, 0.4) is 0 Å². The van der Waals surface area contributed by atoms with Crippen molar-refractivity contribution in [2.24, 2.45) is 0 Å². The van der Waals surface area contributed by atoms with Gasteiger partial charge >= 0.3 is 0 Å². The number of likely N-dealkylation sites (tertiary alicyclic amines) is 1. The van der Waals surface area contributed by atoms with Gasteiger partial charge in [-0.3, -0.25) is 9.69 Å². The monoisotopic (exact) mass is 384 g/mol. The van der Waals surface area contributed by atoms with Crippen molar-refractivity contribution in [3.8, 4) is 0 Å². The second kappa shape index (κ2) is 8.13. The Kier molecular flexibility index (Phi) is 5.62. The fraction of sp³-hybridized carbons (Fsp3) is 0.500. The van der Waals surface area contributed by atoms with Crippen LogP contribution in [0.4, 0.5) is 0 Å². The van der Waals surface area contributed by atoms with Crippen LogP contribution >= 0.6 is 11.3 Å². The van der Waals surface area contributed by atoms with Crippen molar-refractivity contribution in [3.63, 3.8) is 0 Å². The molecule has 0 aliphatic carbocycles. The van der Waals surface area contributed by atoms with Gasteiger partial charge < -0.3 is 9.64 Å². The molecule has 1 aromatic heterocycles. The first-order valence-corrected chi connectivity index (χ1v) is 10.8. The van der Waals surface area contributed by atoms with Gasteiger partial charge in [0.2, 0.25) is 0 Å². The number of nitrogens with zero attached hydrogens (tertiary/aromatic N) is 2. The summed E-state index contributed by atoms with van der Waals surface area (Å²) in [6.07, 6.45) is 2.70. The molecule has 0 unspecified atom stereocenters. The van der Waals surface area contributed by atoms with Crippen molar-refractivity contribution in [1.82, 2.24) is 9.80 Å². The lowest BCUT2D eigenvalue weighted by molar-refractivity contribution is -0.0704. The topological polar surface area (TPSA) is 32.8 Å². The maximum absolute atomic E-state index is 13.0. The fourth-order valence-electron chi connectivity index (χ4n) is 4.41. The number of hydrogen-bond acceptors (Lipinski definition) is 4. The lowest BCUT2D eigenvalue weighted by Crippen LogP contribution is -2.44. The molecule has 0 saturated carbocycles. The standard InChI is InChI=1S/C22H28N2O2S/c1-16-12-23(13-17(2)26-16)14-18-5-7-19(8-6-18)22(25)24-10-3-4-21(24)20-9-11-27-15-20/h5-9,11,15-17,21H,3-4,10,12-14H2,1-2H3/t16-,17+,21-/m1/s1. The molecule has 1 amide bonds. The molecule has 2 fully saturated rings. The van der Waals surface area contributed by atoms with E-state index in [2.05, 4.69) is 47.7 Å². The Balaban J connectivity index is 1.42. The zero-order valence-electron chi connectivity index (χ0n) is 16.1. The summed E-state index contributed by atoms with van der Waals surface area (Å²) in [5.74, 6) is 0.156. The van der Waals surface area contributed by atoms with E-state index in [0.29, 0.717) is 0 Å². The number of amides is 1. The Hall–Kier alpha value is -1.69. The third-order valence-electron chi connectivity index (χ3n) is 5.54. The number of rotatable bonds is 4. The van der Waals surface area contributed by atoms with Crippen LogP contribution in [0.25, 0.3) is 0 Å². The van der Waals surface area contributed by atoms with Gasteiger partial charge in [-0.15, -0.1) is 0 Å². The molecule has 2 aromatic rings. The van der Waals surface area contributed by atoms with Crippen LogP contribution in [0.15, 0.2) is 41.1 Å². The Labute approximate surface area is 165 Å². The van der Waals surface area contributed by atoms with E-state index in [-0.39, 0.29) is 24.2 Å². The van der Waals surface area contributed by atoms with E-state index < -0.39 is 0 Å². The highest BCUT2D eigenvalue weighted by atomic mass is 32.1. The number of hydrogen-bond donors (Lipinski definition) is 0. The molecular weight excluding hydrogens is 356 g/mol. The molecule has 3 heterocycles. The Morgan fingerprint density at radius 2 is 1.89 bits per heavy atom. The quantitative estimate of drug-likeness (QED) is 0.786. The summed E-state index contributed by atoms with van der Waals surface area (Å²) < 4.78 is 5.81. The number of carbonyl (C=O) groups is 1. The third-order valence-corrected chi connectivity index (χ3v) is 6.25. The van der Waals surface area contributed by atoms with Crippen LogP contribution in [-0.2, 0) is 11.3 Å². The zero-order chi connectivity index (χ0) is 18.8. The number of carbonyl (C=O) groups excluding carboxylic acids is 1. The molecule has 2 aliphatic heterocycles. The lowest BCUT2D eigenvalue weighted by Gasteiger charge is -2.35. The van der Waals surface area contributed by atoms with Gasteiger partial charge in [0.05, 0.1) is 18.2 Å². The maximum atomic E-state index is 13.0. The summed E-state index contributed by atoms with van der Waals surface area (Å²) in [6, 6.07) is 10.6. The summed E-state index contributed by atoms with van der Waals surface area (Å²) in [7, 11) is 0. The van der Waals surface area contributed by atoms with Crippen LogP contribution in [0.5, 0.6) is 0 Å².